The van der Waals surface area contributed by atoms with Crippen LogP contribution in [0.4, 0.5) is 4.39 Å². The molecule has 0 unspecified atom stereocenters. The van der Waals surface area contributed by atoms with E-state index in [0.717, 1.165) is 24.6 Å². The quantitative estimate of drug-likeness (QED) is 0.814. The molecular weight excluding hydrogens is 360 g/mol. The number of ether oxygens (including phenoxy) is 1. The fourth-order valence-corrected chi connectivity index (χ4v) is 1.91. The Morgan fingerprint density at radius 3 is 2.89 bits per heavy atom. The molecular formula is C13H19FIN3O. The van der Waals surface area contributed by atoms with Crippen LogP contribution in [0.1, 0.15) is 11.1 Å². The lowest BCUT2D eigenvalue weighted by Gasteiger charge is -2.15. The van der Waals surface area contributed by atoms with Gasteiger partial charge < -0.3 is 15.0 Å². The van der Waals surface area contributed by atoms with Crippen molar-refractivity contribution in [3.8, 4) is 0 Å². The van der Waals surface area contributed by atoms with Gasteiger partial charge >= 0.3 is 0 Å². The lowest BCUT2D eigenvalue weighted by atomic mass is 10.1. The highest BCUT2D eigenvalue weighted by Gasteiger charge is 2.11. The molecule has 1 N–H and O–H groups in total. The number of methoxy groups -OCH3 is 1. The Hall–Kier alpha value is -0.890. The van der Waals surface area contributed by atoms with Gasteiger partial charge in [-0.05, 0) is 17.7 Å². The van der Waals surface area contributed by atoms with Crippen LogP contribution in [-0.2, 0) is 17.9 Å². The van der Waals surface area contributed by atoms with Gasteiger partial charge in [0, 0.05) is 32.8 Å². The summed E-state index contributed by atoms with van der Waals surface area (Å²) in [6.07, 6.45) is 0. The molecule has 0 radical (unpaired) electrons. The minimum atomic E-state index is -0.226. The van der Waals surface area contributed by atoms with Crippen LogP contribution in [0.25, 0.3) is 0 Å². The van der Waals surface area contributed by atoms with E-state index in [1.54, 1.807) is 13.2 Å². The van der Waals surface area contributed by atoms with Gasteiger partial charge in [0.05, 0.1) is 13.2 Å². The minimum absolute atomic E-state index is 0. The van der Waals surface area contributed by atoms with Gasteiger partial charge in [-0.15, -0.1) is 24.0 Å². The van der Waals surface area contributed by atoms with Crippen molar-refractivity contribution in [3.63, 3.8) is 0 Å². The maximum absolute atomic E-state index is 13.4. The highest BCUT2D eigenvalue weighted by atomic mass is 127. The van der Waals surface area contributed by atoms with E-state index in [4.69, 9.17) is 4.74 Å². The molecule has 0 aromatic heterocycles. The standard InChI is InChI=1S/C13H18FN3O.HI/c1-17-6-5-15-13(17)16-8-10-3-4-12(14)11(7-10)9-18-2;/h3-4,7H,5-6,8-9H2,1-2H3,(H,15,16);1H. The maximum atomic E-state index is 13.4. The third kappa shape index (κ3) is 4.31. The summed E-state index contributed by atoms with van der Waals surface area (Å²) >= 11 is 0. The number of hydrogen-bond donors (Lipinski definition) is 1. The molecule has 1 aliphatic rings. The van der Waals surface area contributed by atoms with Gasteiger partial charge in [0.15, 0.2) is 5.96 Å². The summed E-state index contributed by atoms with van der Waals surface area (Å²) in [5.74, 6) is 0.670. The van der Waals surface area contributed by atoms with Crippen LogP contribution in [0.2, 0.25) is 0 Å². The largest absolute Gasteiger partial charge is 0.380 e. The summed E-state index contributed by atoms with van der Waals surface area (Å²) in [5, 5.41) is 3.25. The highest BCUT2D eigenvalue weighted by Crippen LogP contribution is 2.12. The third-order valence-corrected chi connectivity index (χ3v) is 2.92. The fraction of sp³-hybridized carbons (Fsp3) is 0.462. The average Bonchev–Trinajstić information content (AvgIpc) is 2.76. The van der Waals surface area contributed by atoms with Crippen LogP contribution in [0, 0.1) is 5.82 Å². The molecule has 1 aliphatic heterocycles. The SMILES string of the molecule is COCc1cc(CNC2=NCCN2C)ccc1F.I. The first-order chi connectivity index (χ1) is 8.70. The van der Waals surface area contributed by atoms with Crippen molar-refractivity contribution in [1.29, 1.82) is 0 Å². The van der Waals surface area contributed by atoms with Crippen LogP contribution in [-0.4, -0.2) is 38.1 Å². The number of benzene rings is 1. The predicted molar refractivity (Wildman–Crippen MR) is 84.3 cm³/mol. The molecule has 1 aromatic carbocycles. The van der Waals surface area contributed by atoms with Gasteiger partial charge in [0.2, 0.25) is 0 Å². The predicted octanol–water partition coefficient (Wildman–Crippen LogP) is 1.98. The summed E-state index contributed by atoms with van der Waals surface area (Å²) in [6, 6.07) is 5.07. The van der Waals surface area contributed by atoms with Gasteiger partial charge in [-0.3, -0.25) is 4.99 Å². The number of halogens is 2. The monoisotopic (exact) mass is 379 g/mol. The molecule has 2 rings (SSSR count). The summed E-state index contributed by atoms with van der Waals surface area (Å²) in [4.78, 5) is 6.41. The molecule has 1 heterocycles. The normalized spacial score (nSPS) is 14.1. The summed E-state index contributed by atoms with van der Waals surface area (Å²) in [7, 11) is 3.56. The van der Waals surface area contributed by atoms with E-state index in [1.807, 2.05) is 13.1 Å². The van der Waals surface area contributed by atoms with Crippen molar-refractivity contribution in [1.82, 2.24) is 10.2 Å². The summed E-state index contributed by atoms with van der Waals surface area (Å²) in [5.41, 5.74) is 1.60. The van der Waals surface area contributed by atoms with E-state index >= 15 is 0 Å². The maximum Gasteiger partial charge on any atom is 0.194 e. The van der Waals surface area contributed by atoms with Crippen molar-refractivity contribution in [2.75, 3.05) is 27.2 Å². The van der Waals surface area contributed by atoms with Crippen LogP contribution in [0.3, 0.4) is 0 Å². The first-order valence-electron chi connectivity index (χ1n) is 5.96. The van der Waals surface area contributed by atoms with Gasteiger partial charge in [-0.25, -0.2) is 4.39 Å². The highest BCUT2D eigenvalue weighted by molar-refractivity contribution is 14.0. The van der Waals surface area contributed by atoms with Crippen molar-refractivity contribution in [2.24, 2.45) is 4.99 Å². The van der Waals surface area contributed by atoms with E-state index in [-0.39, 0.29) is 29.8 Å². The van der Waals surface area contributed by atoms with Crippen LogP contribution in [0.15, 0.2) is 23.2 Å². The van der Waals surface area contributed by atoms with E-state index in [9.17, 15) is 4.39 Å². The van der Waals surface area contributed by atoms with Crippen LogP contribution in [0.5, 0.6) is 0 Å². The lowest BCUT2D eigenvalue weighted by molar-refractivity contribution is 0.181. The molecule has 0 fully saturated rings. The Labute approximate surface area is 130 Å². The number of likely N-dealkylation sites (N-methyl/N-ethyl adjacent to an activating group) is 1. The molecule has 0 atom stereocenters. The molecule has 6 heteroatoms. The number of nitrogens with zero attached hydrogens (tertiary/aromatic N) is 2. The van der Waals surface area contributed by atoms with Crippen LogP contribution >= 0.6 is 24.0 Å². The van der Waals surface area contributed by atoms with Gasteiger partial charge in [-0.2, -0.15) is 0 Å². The second-order valence-electron chi connectivity index (χ2n) is 4.34. The second kappa shape index (κ2) is 7.64. The van der Waals surface area contributed by atoms with Crippen molar-refractivity contribution in [2.45, 2.75) is 13.2 Å². The van der Waals surface area contributed by atoms with E-state index in [1.165, 1.54) is 6.07 Å². The second-order valence-corrected chi connectivity index (χ2v) is 4.34. The van der Waals surface area contributed by atoms with Crippen molar-refractivity contribution < 1.29 is 9.13 Å². The molecule has 106 valence electrons. The average molecular weight is 379 g/mol. The molecule has 0 aliphatic carbocycles. The van der Waals surface area contributed by atoms with E-state index in [2.05, 4.69) is 15.2 Å². The molecule has 0 saturated carbocycles. The Kier molecular flexibility index (Phi) is 6.50. The van der Waals surface area contributed by atoms with Crippen molar-refractivity contribution >= 4 is 29.9 Å². The topological polar surface area (TPSA) is 36.9 Å². The summed E-state index contributed by atoms with van der Waals surface area (Å²) in [6.45, 7) is 2.71. The molecule has 19 heavy (non-hydrogen) atoms. The lowest BCUT2D eigenvalue weighted by Crippen LogP contribution is -2.35. The van der Waals surface area contributed by atoms with Gasteiger partial charge in [0.25, 0.3) is 0 Å². The minimum Gasteiger partial charge on any atom is -0.380 e. The van der Waals surface area contributed by atoms with Gasteiger partial charge in [0.1, 0.15) is 5.82 Å². The molecule has 0 bridgehead atoms. The number of nitrogens with one attached hydrogen (secondary N) is 1. The molecule has 1 aromatic rings. The zero-order chi connectivity index (χ0) is 13.0. The summed E-state index contributed by atoms with van der Waals surface area (Å²) < 4.78 is 18.4. The Bertz CT molecular complexity index is 454. The number of hydrogen-bond acceptors (Lipinski definition) is 4. The fourth-order valence-electron chi connectivity index (χ4n) is 1.91. The molecule has 0 amide bonds. The van der Waals surface area contributed by atoms with E-state index < -0.39 is 0 Å². The molecule has 0 spiro atoms. The van der Waals surface area contributed by atoms with Gasteiger partial charge in [-0.1, -0.05) is 6.07 Å². The zero-order valence-electron chi connectivity index (χ0n) is 11.1. The zero-order valence-corrected chi connectivity index (χ0v) is 13.5. The smallest absolute Gasteiger partial charge is 0.194 e. The van der Waals surface area contributed by atoms with Crippen molar-refractivity contribution in [3.05, 3.63) is 35.1 Å². The van der Waals surface area contributed by atoms with Crippen LogP contribution < -0.4 is 5.32 Å². The number of rotatable bonds is 4. The number of aliphatic imine (C=N–C) groups is 1. The Balaban J connectivity index is 0.00000180. The third-order valence-electron chi connectivity index (χ3n) is 2.92. The molecule has 0 saturated heterocycles. The first-order valence-corrected chi connectivity index (χ1v) is 5.96. The Morgan fingerprint density at radius 2 is 2.26 bits per heavy atom. The molecule has 4 nitrogen and oxygen atoms in total. The first kappa shape index (κ1) is 16.2. The Morgan fingerprint density at radius 1 is 1.47 bits per heavy atom. The number of guanidine groups is 1. The van der Waals surface area contributed by atoms with E-state index in [0.29, 0.717) is 18.7 Å².